The van der Waals surface area contributed by atoms with E-state index >= 15 is 0 Å². The fraction of sp³-hybridized carbons (Fsp3) is 0.286. The second-order valence-electron chi connectivity index (χ2n) is 4.63. The highest BCUT2D eigenvalue weighted by molar-refractivity contribution is 5.68. The highest BCUT2D eigenvalue weighted by Crippen LogP contribution is 2.31. The maximum absolute atomic E-state index is 11.5. The van der Waals surface area contributed by atoms with Crippen molar-refractivity contribution in [1.82, 2.24) is 9.97 Å². The van der Waals surface area contributed by atoms with Gasteiger partial charge in [-0.3, -0.25) is 9.78 Å². The lowest BCUT2D eigenvalue weighted by Crippen LogP contribution is -2.10. The first-order chi connectivity index (χ1) is 9.01. The van der Waals surface area contributed by atoms with Crippen molar-refractivity contribution in [2.24, 2.45) is 0 Å². The largest absolute Gasteiger partial charge is 0.496 e. The minimum Gasteiger partial charge on any atom is -0.496 e. The summed E-state index contributed by atoms with van der Waals surface area (Å²) in [7, 11) is 1.59. The average molecular weight is 259 g/mol. The normalized spacial score (nSPS) is 10.7. The summed E-state index contributed by atoms with van der Waals surface area (Å²) in [6.07, 6.45) is 0. The van der Waals surface area contributed by atoms with E-state index in [1.807, 2.05) is 18.2 Å². The van der Waals surface area contributed by atoms with Gasteiger partial charge in [-0.15, -0.1) is 0 Å². The number of aromatic nitrogens is 2. The van der Waals surface area contributed by atoms with Gasteiger partial charge in [0.2, 0.25) is 5.95 Å². The van der Waals surface area contributed by atoms with Crippen LogP contribution in [0.25, 0.3) is 11.3 Å². The van der Waals surface area contributed by atoms with Crippen LogP contribution in [-0.2, 0) is 0 Å². The van der Waals surface area contributed by atoms with Crippen LogP contribution >= 0.6 is 0 Å². The van der Waals surface area contributed by atoms with Gasteiger partial charge >= 0.3 is 0 Å². The summed E-state index contributed by atoms with van der Waals surface area (Å²) < 4.78 is 5.32. The van der Waals surface area contributed by atoms with E-state index in [2.05, 4.69) is 23.8 Å². The number of ether oxygens (including phenoxy) is 1. The second-order valence-corrected chi connectivity index (χ2v) is 4.63. The predicted molar refractivity (Wildman–Crippen MR) is 75.3 cm³/mol. The Bertz CT molecular complexity index is 647. The van der Waals surface area contributed by atoms with E-state index in [1.165, 1.54) is 6.07 Å². The number of nitrogens with zero attached hydrogens (tertiary/aromatic N) is 1. The minimum atomic E-state index is -0.278. The second kappa shape index (κ2) is 5.14. The molecule has 1 aromatic heterocycles. The molecular formula is C14H17N3O2. The standard InChI is InChI=1S/C14H17N3O2/c1-8(2)9-4-5-12(19-3)10(6-9)11-7-13(18)17-14(15)16-11/h4-8H,1-3H3,(H3,15,16,17,18). The number of nitrogens with two attached hydrogens (primary N) is 1. The van der Waals surface area contributed by atoms with Gasteiger partial charge in [0.1, 0.15) is 5.75 Å². The number of methoxy groups -OCH3 is 1. The fourth-order valence-corrected chi connectivity index (χ4v) is 1.90. The molecule has 0 bridgehead atoms. The summed E-state index contributed by atoms with van der Waals surface area (Å²) in [4.78, 5) is 18.1. The Morgan fingerprint density at radius 2 is 2.05 bits per heavy atom. The monoisotopic (exact) mass is 259 g/mol. The molecule has 0 saturated carbocycles. The first kappa shape index (κ1) is 13.1. The molecule has 2 rings (SSSR count). The van der Waals surface area contributed by atoms with Crippen LogP contribution in [0.3, 0.4) is 0 Å². The predicted octanol–water partition coefficient (Wildman–Crippen LogP) is 2.15. The van der Waals surface area contributed by atoms with Crippen molar-refractivity contribution in [2.45, 2.75) is 19.8 Å². The summed E-state index contributed by atoms with van der Waals surface area (Å²) in [6, 6.07) is 7.27. The van der Waals surface area contributed by atoms with Gasteiger partial charge in [-0.1, -0.05) is 19.9 Å². The number of nitrogens with one attached hydrogen (secondary N) is 1. The topological polar surface area (TPSA) is 81.0 Å². The van der Waals surface area contributed by atoms with E-state index in [0.717, 1.165) is 11.1 Å². The van der Waals surface area contributed by atoms with Crippen molar-refractivity contribution in [3.05, 3.63) is 40.2 Å². The Morgan fingerprint density at radius 1 is 1.32 bits per heavy atom. The molecule has 0 radical (unpaired) electrons. The Morgan fingerprint density at radius 3 is 2.63 bits per heavy atom. The first-order valence-corrected chi connectivity index (χ1v) is 6.06. The summed E-state index contributed by atoms with van der Waals surface area (Å²) in [5.74, 6) is 1.14. The van der Waals surface area contributed by atoms with Gasteiger partial charge in [0, 0.05) is 11.6 Å². The van der Waals surface area contributed by atoms with Crippen molar-refractivity contribution in [3.8, 4) is 17.0 Å². The summed E-state index contributed by atoms with van der Waals surface area (Å²) in [5, 5.41) is 0. The number of H-pyrrole nitrogens is 1. The summed E-state index contributed by atoms with van der Waals surface area (Å²) in [6.45, 7) is 4.20. The van der Waals surface area contributed by atoms with E-state index < -0.39 is 0 Å². The number of benzene rings is 1. The molecule has 1 aromatic carbocycles. The molecule has 0 amide bonds. The van der Waals surface area contributed by atoms with Crippen molar-refractivity contribution in [3.63, 3.8) is 0 Å². The molecule has 1 heterocycles. The molecule has 0 unspecified atom stereocenters. The van der Waals surface area contributed by atoms with Crippen molar-refractivity contribution in [1.29, 1.82) is 0 Å². The van der Waals surface area contributed by atoms with Gasteiger partial charge < -0.3 is 10.5 Å². The Hall–Kier alpha value is -2.30. The van der Waals surface area contributed by atoms with E-state index in [-0.39, 0.29) is 11.5 Å². The molecule has 0 aliphatic carbocycles. The van der Waals surface area contributed by atoms with Crippen molar-refractivity contribution >= 4 is 5.95 Å². The highest BCUT2D eigenvalue weighted by Gasteiger charge is 2.11. The lowest BCUT2D eigenvalue weighted by atomic mass is 9.99. The Kier molecular flexibility index (Phi) is 3.55. The molecule has 19 heavy (non-hydrogen) atoms. The molecule has 100 valence electrons. The Balaban J connectivity index is 2.64. The first-order valence-electron chi connectivity index (χ1n) is 6.06. The molecular weight excluding hydrogens is 242 g/mol. The van der Waals surface area contributed by atoms with E-state index in [0.29, 0.717) is 17.4 Å². The molecule has 0 aliphatic heterocycles. The molecule has 0 saturated heterocycles. The van der Waals surface area contributed by atoms with Crippen LogP contribution in [0.15, 0.2) is 29.1 Å². The van der Waals surface area contributed by atoms with E-state index in [1.54, 1.807) is 7.11 Å². The summed E-state index contributed by atoms with van der Waals surface area (Å²) in [5.41, 5.74) is 7.73. The van der Waals surface area contributed by atoms with Crippen LogP contribution in [0.5, 0.6) is 5.75 Å². The van der Waals surface area contributed by atoms with Crippen LogP contribution in [0.2, 0.25) is 0 Å². The number of anilines is 1. The molecule has 5 nitrogen and oxygen atoms in total. The molecule has 0 fully saturated rings. The lowest BCUT2D eigenvalue weighted by molar-refractivity contribution is 0.416. The number of hydrogen-bond acceptors (Lipinski definition) is 4. The van der Waals surface area contributed by atoms with Crippen molar-refractivity contribution in [2.75, 3.05) is 12.8 Å². The number of hydrogen-bond donors (Lipinski definition) is 2. The fourth-order valence-electron chi connectivity index (χ4n) is 1.90. The Labute approximate surface area is 111 Å². The molecule has 0 aliphatic rings. The molecule has 0 atom stereocenters. The van der Waals surface area contributed by atoms with Gasteiger partial charge in [-0.25, -0.2) is 4.98 Å². The van der Waals surface area contributed by atoms with Gasteiger partial charge in [-0.05, 0) is 23.6 Å². The number of aromatic amines is 1. The van der Waals surface area contributed by atoms with Gasteiger partial charge in [0.15, 0.2) is 0 Å². The molecule has 2 aromatic rings. The average Bonchev–Trinajstić information content (AvgIpc) is 2.36. The van der Waals surface area contributed by atoms with Gasteiger partial charge in [0.05, 0.1) is 12.8 Å². The highest BCUT2D eigenvalue weighted by atomic mass is 16.5. The third-order valence-electron chi connectivity index (χ3n) is 2.93. The minimum absolute atomic E-state index is 0.0968. The van der Waals surface area contributed by atoms with Crippen LogP contribution in [0.1, 0.15) is 25.3 Å². The van der Waals surface area contributed by atoms with Crippen LogP contribution in [0, 0.1) is 0 Å². The van der Waals surface area contributed by atoms with Gasteiger partial charge in [-0.2, -0.15) is 0 Å². The maximum atomic E-state index is 11.5. The lowest BCUT2D eigenvalue weighted by Gasteiger charge is -2.12. The number of nitrogen functional groups attached to an aromatic ring is 1. The SMILES string of the molecule is COc1ccc(C(C)C)cc1-c1cc(=O)[nH]c(N)n1. The third-order valence-corrected chi connectivity index (χ3v) is 2.93. The van der Waals surface area contributed by atoms with Gasteiger partial charge in [0.25, 0.3) is 5.56 Å². The zero-order chi connectivity index (χ0) is 14.0. The van der Waals surface area contributed by atoms with Crippen LogP contribution in [-0.4, -0.2) is 17.1 Å². The molecule has 5 heteroatoms. The molecule has 3 N–H and O–H groups in total. The number of rotatable bonds is 3. The quantitative estimate of drug-likeness (QED) is 0.885. The van der Waals surface area contributed by atoms with E-state index in [4.69, 9.17) is 10.5 Å². The van der Waals surface area contributed by atoms with Crippen molar-refractivity contribution < 1.29 is 4.74 Å². The zero-order valence-corrected chi connectivity index (χ0v) is 11.2. The smallest absolute Gasteiger partial charge is 0.252 e. The van der Waals surface area contributed by atoms with Crippen LogP contribution in [0.4, 0.5) is 5.95 Å². The molecule has 0 spiro atoms. The zero-order valence-electron chi connectivity index (χ0n) is 11.2. The van der Waals surface area contributed by atoms with E-state index in [9.17, 15) is 4.79 Å². The third kappa shape index (κ3) is 2.76. The summed E-state index contributed by atoms with van der Waals surface area (Å²) >= 11 is 0. The van der Waals surface area contributed by atoms with Crippen LogP contribution < -0.4 is 16.0 Å². The maximum Gasteiger partial charge on any atom is 0.252 e.